The van der Waals surface area contributed by atoms with Gasteiger partial charge in [0.15, 0.2) is 11.5 Å². The van der Waals surface area contributed by atoms with Gasteiger partial charge in [0.25, 0.3) is 5.91 Å². The van der Waals surface area contributed by atoms with Gasteiger partial charge in [0.2, 0.25) is 0 Å². The van der Waals surface area contributed by atoms with Crippen LogP contribution in [0.1, 0.15) is 28.9 Å². The molecule has 3 aromatic rings. The van der Waals surface area contributed by atoms with Crippen LogP contribution in [-0.2, 0) is 0 Å². The van der Waals surface area contributed by atoms with Crippen molar-refractivity contribution in [2.75, 3.05) is 14.2 Å². The van der Waals surface area contributed by atoms with Crippen molar-refractivity contribution in [3.05, 3.63) is 70.1 Å². The molecule has 0 radical (unpaired) electrons. The molecule has 0 saturated carbocycles. The number of hydrogen-bond donors (Lipinski definition) is 1. The van der Waals surface area contributed by atoms with E-state index in [9.17, 15) is 9.59 Å². The van der Waals surface area contributed by atoms with Crippen molar-refractivity contribution in [1.29, 1.82) is 0 Å². The highest BCUT2D eigenvalue weighted by atomic mass is 16.5. The Hall–Kier alpha value is -3.28. The summed E-state index contributed by atoms with van der Waals surface area (Å²) in [6, 6.07) is 13.6. The van der Waals surface area contributed by atoms with Gasteiger partial charge in [0.1, 0.15) is 11.1 Å². The Balaban J connectivity index is 1.86. The predicted octanol–water partition coefficient (Wildman–Crippen LogP) is 3.30. The highest BCUT2D eigenvalue weighted by molar-refractivity contribution is 5.96. The van der Waals surface area contributed by atoms with E-state index in [0.717, 1.165) is 5.56 Å². The van der Waals surface area contributed by atoms with Crippen LogP contribution in [0.2, 0.25) is 0 Å². The minimum absolute atomic E-state index is 0.0315. The van der Waals surface area contributed by atoms with Gasteiger partial charge in [-0.1, -0.05) is 24.3 Å². The third-order valence-corrected chi connectivity index (χ3v) is 4.14. The second-order valence-corrected chi connectivity index (χ2v) is 5.79. The number of benzene rings is 2. The van der Waals surface area contributed by atoms with Crippen LogP contribution in [0.5, 0.6) is 11.5 Å². The molecule has 0 spiro atoms. The smallest absolute Gasteiger partial charge is 0.349 e. The first kappa shape index (κ1) is 17.5. The molecular formula is C20H19NO5. The Morgan fingerprint density at radius 2 is 1.77 bits per heavy atom. The van der Waals surface area contributed by atoms with Crippen molar-refractivity contribution in [3.63, 3.8) is 0 Å². The summed E-state index contributed by atoms with van der Waals surface area (Å²) in [5.41, 5.74) is 0.569. The van der Waals surface area contributed by atoms with Crippen LogP contribution in [-0.4, -0.2) is 20.1 Å². The molecule has 0 bridgehead atoms. The van der Waals surface area contributed by atoms with Crippen LogP contribution in [0.3, 0.4) is 0 Å². The molecule has 3 rings (SSSR count). The first-order valence-electron chi connectivity index (χ1n) is 8.09. The number of carbonyl (C=O) groups excluding carboxylic acids is 1. The number of carbonyl (C=O) groups is 1. The summed E-state index contributed by atoms with van der Waals surface area (Å²) in [4.78, 5) is 24.7. The van der Waals surface area contributed by atoms with Crippen LogP contribution in [0.4, 0.5) is 0 Å². The molecular weight excluding hydrogens is 334 g/mol. The van der Waals surface area contributed by atoms with Crippen LogP contribution in [0.15, 0.2) is 57.7 Å². The van der Waals surface area contributed by atoms with Crippen LogP contribution >= 0.6 is 0 Å². The normalized spacial score (nSPS) is 11.8. The molecule has 1 N–H and O–H groups in total. The minimum atomic E-state index is -0.666. The third-order valence-electron chi connectivity index (χ3n) is 4.14. The van der Waals surface area contributed by atoms with E-state index in [-0.39, 0.29) is 11.6 Å². The fraction of sp³-hybridized carbons (Fsp3) is 0.200. The first-order chi connectivity index (χ1) is 12.5. The van der Waals surface area contributed by atoms with Gasteiger partial charge in [-0.2, -0.15) is 0 Å². The van der Waals surface area contributed by atoms with Crippen molar-refractivity contribution >= 4 is 16.9 Å². The zero-order valence-electron chi connectivity index (χ0n) is 14.7. The van der Waals surface area contributed by atoms with Crippen molar-refractivity contribution in [2.45, 2.75) is 13.0 Å². The number of methoxy groups -OCH3 is 2. The average molecular weight is 353 g/mol. The molecule has 0 unspecified atom stereocenters. The lowest BCUT2D eigenvalue weighted by Gasteiger charge is -2.16. The van der Waals surface area contributed by atoms with E-state index in [1.54, 1.807) is 44.6 Å². The molecule has 6 nitrogen and oxygen atoms in total. The summed E-state index contributed by atoms with van der Waals surface area (Å²) in [6.07, 6.45) is 0. The average Bonchev–Trinajstić information content (AvgIpc) is 2.66. The van der Waals surface area contributed by atoms with Gasteiger partial charge in [-0.25, -0.2) is 4.79 Å². The van der Waals surface area contributed by atoms with Crippen LogP contribution in [0, 0.1) is 0 Å². The molecule has 1 amide bonds. The molecule has 134 valence electrons. The lowest BCUT2D eigenvalue weighted by Crippen LogP contribution is -2.30. The largest absolute Gasteiger partial charge is 0.493 e. The molecule has 0 aliphatic rings. The van der Waals surface area contributed by atoms with Crippen LogP contribution < -0.4 is 20.4 Å². The molecule has 2 aromatic carbocycles. The lowest BCUT2D eigenvalue weighted by atomic mass is 10.1. The Labute approximate surface area is 150 Å². The van der Waals surface area contributed by atoms with Crippen molar-refractivity contribution in [1.82, 2.24) is 5.32 Å². The van der Waals surface area contributed by atoms with E-state index in [4.69, 9.17) is 13.9 Å². The zero-order chi connectivity index (χ0) is 18.7. The fourth-order valence-electron chi connectivity index (χ4n) is 2.70. The minimum Gasteiger partial charge on any atom is -0.493 e. The van der Waals surface area contributed by atoms with Crippen LogP contribution in [0.25, 0.3) is 11.0 Å². The molecule has 26 heavy (non-hydrogen) atoms. The first-order valence-corrected chi connectivity index (χ1v) is 8.09. The van der Waals surface area contributed by atoms with E-state index >= 15 is 0 Å². The number of rotatable bonds is 5. The van der Waals surface area contributed by atoms with Gasteiger partial charge in [-0.05, 0) is 36.8 Å². The third kappa shape index (κ3) is 3.39. The summed E-state index contributed by atoms with van der Waals surface area (Å²) in [5.74, 6) is 0.674. The maximum absolute atomic E-state index is 12.5. The number of nitrogens with one attached hydrogen (secondary N) is 1. The van der Waals surface area contributed by atoms with Gasteiger partial charge in [0, 0.05) is 5.39 Å². The number of amides is 1. The Morgan fingerprint density at radius 1 is 1.04 bits per heavy atom. The highest BCUT2D eigenvalue weighted by Crippen LogP contribution is 2.30. The number of fused-ring (bicyclic) bond motifs is 1. The predicted molar refractivity (Wildman–Crippen MR) is 97.9 cm³/mol. The van der Waals surface area contributed by atoms with E-state index in [1.807, 2.05) is 19.1 Å². The summed E-state index contributed by atoms with van der Waals surface area (Å²) in [5, 5.41) is 3.50. The molecule has 1 heterocycles. The second-order valence-electron chi connectivity index (χ2n) is 5.79. The summed E-state index contributed by atoms with van der Waals surface area (Å²) >= 11 is 0. The number of para-hydroxylation sites is 1. The molecule has 1 atom stereocenters. The molecule has 0 aliphatic heterocycles. The van der Waals surface area contributed by atoms with Gasteiger partial charge in [-0.15, -0.1) is 0 Å². The molecule has 1 aromatic heterocycles. The monoisotopic (exact) mass is 353 g/mol. The number of hydrogen-bond acceptors (Lipinski definition) is 5. The fourth-order valence-corrected chi connectivity index (χ4v) is 2.70. The molecule has 0 fully saturated rings. The SMILES string of the molecule is COc1ccc([C@H](C)NC(=O)c2cc3ccccc3oc2=O)cc1OC. The Kier molecular flexibility index (Phi) is 4.93. The van der Waals surface area contributed by atoms with Crippen molar-refractivity contribution < 1.29 is 18.7 Å². The molecule has 6 heteroatoms. The maximum Gasteiger partial charge on any atom is 0.349 e. The highest BCUT2D eigenvalue weighted by Gasteiger charge is 2.17. The van der Waals surface area contributed by atoms with Gasteiger partial charge >= 0.3 is 5.63 Å². The lowest BCUT2D eigenvalue weighted by molar-refractivity contribution is 0.0936. The summed E-state index contributed by atoms with van der Waals surface area (Å²) in [6.45, 7) is 1.82. The van der Waals surface area contributed by atoms with Gasteiger partial charge < -0.3 is 19.2 Å². The van der Waals surface area contributed by atoms with E-state index in [1.165, 1.54) is 6.07 Å². The van der Waals surface area contributed by atoms with Gasteiger partial charge in [0.05, 0.1) is 20.3 Å². The molecule has 0 aliphatic carbocycles. The zero-order valence-corrected chi connectivity index (χ0v) is 14.7. The Morgan fingerprint density at radius 3 is 2.50 bits per heavy atom. The topological polar surface area (TPSA) is 77.8 Å². The Bertz CT molecular complexity index is 1010. The summed E-state index contributed by atoms with van der Waals surface area (Å²) < 4.78 is 15.7. The quantitative estimate of drug-likeness (QED) is 0.712. The van der Waals surface area contributed by atoms with Gasteiger partial charge in [-0.3, -0.25) is 4.79 Å². The van der Waals surface area contributed by atoms with E-state index < -0.39 is 11.5 Å². The second kappa shape index (κ2) is 7.31. The molecule has 0 saturated heterocycles. The maximum atomic E-state index is 12.5. The number of ether oxygens (including phenoxy) is 2. The van der Waals surface area contributed by atoms with Crippen molar-refractivity contribution in [3.8, 4) is 11.5 Å². The summed E-state index contributed by atoms with van der Waals surface area (Å²) in [7, 11) is 3.10. The standard InChI is InChI=1S/C20H19NO5/c1-12(13-8-9-17(24-2)18(11-13)25-3)21-19(22)15-10-14-6-4-5-7-16(14)26-20(15)23/h4-12H,1-3H3,(H,21,22)/t12-/m0/s1. The van der Waals surface area contributed by atoms with E-state index in [2.05, 4.69) is 5.32 Å². The van der Waals surface area contributed by atoms with Crippen molar-refractivity contribution in [2.24, 2.45) is 0 Å². The van der Waals surface area contributed by atoms with E-state index in [0.29, 0.717) is 22.5 Å².